The Labute approximate surface area is 417 Å². The van der Waals surface area contributed by atoms with Crippen molar-refractivity contribution in [2.75, 3.05) is 49.4 Å². The molecule has 6 rings (SSSR count). The number of nitrogens with zero attached hydrogens (tertiary/aromatic N) is 5. The zero-order valence-corrected chi connectivity index (χ0v) is 42.2. The first-order chi connectivity index (χ1) is 33.6. The van der Waals surface area contributed by atoms with Crippen LogP contribution in [0.4, 0.5) is 29.3 Å². The Hall–Kier alpha value is -6.16. The molecule has 2 saturated heterocycles. The van der Waals surface area contributed by atoms with Gasteiger partial charge in [-0.05, 0) is 118 Å². The van der Waals surface area contributed by atoms with Crippen LogP contribution in [0.15, 0.2) is 72.2 Å². The first kappa shape index (κ1) is 54.2. The number of benzene rings is 3. The van der Waals surface area contributed by atoms with Gasteiger partial charge in [0.2, 0.25) is 11.8 Å². The number of hydrogen-bond acceptors (Lipinski definition) is 11. The number of carbonyl (C=O) groups excluding carboxylic acids is 5. The molecule has 3 atom stereocenters. The van der Waals surface area contributed by atoms with Gasteiger partial charge in [0.25, 0.3) is 5.91 Å². The highest BCUT2D eigenvalue weighted by Crippen LogP contribution is 2.40. The van der Waals surface area contributed by atoms with E-state index in [2.05, 4.69) is 10.3 Å². The van der Waals surface area contributed by atoms with Crippen LogP contribution >= 0.6 is 11.3 Å². The van der Waals surface area contributed by atoms with Crippen LogP contribution in [-0.4, -0.2) is 90.6 Å². The van der Waals surface area contributed by atoms with Gasteiger partial charge in [0.1, 0.15) is 23.9 Å². The van der Waals surface area contributed by atoms with E-state index < -0.39 is 52.2 Å². The minimum absolute atomic E-state index is 0.0135. The molecule has 3 heterocycles. The summed E-state index contributed by atoms with van der Waals surface area (Å²) in [4.78, 5) is 76.8. The summed E-state index contributed by atoms with van der Waals surface area (Å²) in [6.07, 6.45) is -1.33. The van der Waals surface area contributed by atoms with Gasteiger partial charge in [-0.25, -0.2) is 14.7 Å². The number of aryl methyl sites for hydroxylation is 1. The molecule has 1 aromatic heterocycles. The predicted molar refractivity (Wildman–Crippen MR) is 264 cm³/mol. The van der Waals surface area contributed by atoms with E-state index in [0.717, 1.165) is 53.1 Å². The van der Waals surface area contributed by atoms with Crippen LogP contribution in [0.2, 0.25) is 0 Å². The Morgan fingerprint density at radius 3 is 2.23 bits per heavy atom. The van der Waals surface area contributed by atoms with Gasteiger partial charge < -0.3 is 24.4 Å². The number of anilines is 2. The average Bonchev–Trinajstić information content (AvgIpc) is 3.99. The Bertz CT molecular complexity index is 2570. The molecule has 5 amide bonds. The lowest BCUT2D eigenvalue weighted by molar-refractivity contribution is -0.146. The van der Waals surface area contributed by atoms with Crippen LogP contribution in [0.25, 0.3) is 10.4 Å². The fourth-order valence-corrected chi connectivity index (χ4v) is 9.64. The first-order valence-electron chi connectivity index (χ1n) is 23.9. The number of hydrogen-bond donors (Lipinski definition) is 1. The van der Waals surface area contributed by atoms with Gasteiger partial charge in [-0.15, -0.1) is 11.3 Å². The maximum atomic E-state index is 14.1. The zero-order chi connectivity index (χ0) is 51.7. The van der Waals surface area contributed by atoms with E-state index in [4.69, 9.17) is 19.5 Å². The van der Waals surface area contributed by atoms with Crippen LogP contribution in [0.1, 0.15) is 102 Å². The first-order valence-corrected chi connectivity index (χ1v) is 24.8. The molecular formula is C53H63F3N6O8S. The van der Waals surface area contributed by atoms with Crippen LogP contribution in [-0.2, 0) is 41.4 Å². The molecule has 0 aliphatic carbocycles. The van der Waals surface area contributed by atoms with Gasteiger partial charge in [-0.1, -0.05) is 52.0 Å². The number of likely N-dealkylation sites (tertiary alicyclic amines) is 1. The number of rotatable bonds is 22. The van der Waals surface area contributed by atoms with Crippen molar-refractivity contribution in [3.05, 3.63) is 94.6 Å². The lowest BCUT2D eigenvalue weighted by Crippen LogP contribution is -2.50. The summed E-state index contributed by atoms with van der Waals surface area (Å²) in [6.45, 7) is 15.2. The summed E-state index contributed by atoms with van der Waals surface area (Å²) in [5.74, 6) is -1.24. The molecule has 2 fully saturated rings. The van der Waals surface area contributed by atoms with E-state index in [0.29, 0.717) is 74.8 Å². The normalized spacial score (nSPS) is 17.4. The molecule has 0 spiro atoms. The summed E-state index contributed by atoms with van der Waals surface area (Å²) in [6, 6.07) is 17.3. The van der Waals surface area contributed by atoms with E-state index in [-0.39, 0.29) is 42.2 Å². The smallest absolute Gasteiger partial charge is 0.417 e. The summed E-state index contributed by atoms with van der Waals surface area (Å²) in [5.41, 5.74) is 1.10. The second-order valence-electron chi connectivity index (χ2n) is 19.8. The fourth-order valence-electron chi connectivity index (χ4n) is 8.82. The standard InChI is InChI=1S/C53H63F3N6O8S/c1-34-26-45(47(64)58-30-36-12-14-37(15-13-36)46-35(2)59-33-71-46)60(31-34)48(65)44(51(3,4)5)28-41(63)32-69-24-11-23-68-22-9-8-10-25-70-42-20-18-39(19-21-42)62-50(67)61(49(66)52(62,6)7)40-17-16-38(29-57)43(27-40)53(54,55)56/h12-21,27,33-34,44-45H,8-11,22-26,28,30-32H2,1-7H3,(H,58,64)/t34-,44-,45+/m1/s1. The SMILES string of the molecule is Cc1ncsc1-c1ccc(CNC(=O)[C@@H]2C[C@@H](C)CN2C(=O)[C@@H](CC(=O)COCCCOCCCCCOc2ccc(N3C(=O)N(c4ccc(C#N)c(C(F)(F)F)c4)C(=O)C3(C)C)cc2)C(C)(C)C)cc1. The maximum absolute atomic E-state index is 14.1. The molecule has 0 unspecified atom stereocenters. The number of carbonyl (C=O) groups is 5. The monoisotopic (exact) mass is 1000 g/mol. The molecule has 2 aliphatic heterocycles. The van der Waals surface area contributed by atoms with Crippen LogP contribution in [0.3, 0.4) is 0 Å². The van der Waals surface area contributed by atoms with E-state index in [1.54, 1.807) is 40.5 Å². The summed E-state index contributed by atoms with van der Waals surface area (Å²) in [5, 5.41) is 12.2. The number of unbranched alkanes of at least 4 members (excludes halogenated alkanes) is 2. The van der Waals surface area contributed by atoms with Crippen LogP contribution in [0, 0.1) is 35.5 Å². The van der Waals surface area contributed by atoms with E-state index in [1.807, 2.05) is 64.4 Å². The number of alkyl halides is 3. The van der Waals surface area contributed by atoms with E-state index in [9.17, 15) is 37.1 Å². The van der Waals surface area contributed by atoms with E-state index >= 15 is 0 Å². The van der Waals surface area contributed by atoms with Gasteiger partial charge >= 0.3 is 12.2 Å². The Kier molecular flexibility index (Phi) is 17.8. The van der Waals surface area contributed by atoms with Gasteiger partial charge in [0.15, 0.2) is 5.78 Å². The Morgan fingerprint density at radius 2 is 1.58 bits per heavy atom. The third-order valence-corrected chi connectivity index (χ3v) is 13.8. The fraction of sp³-hybridized carbons (Fsp3) is 0.491. The number of amides is 5. The molecule has 2 aliphatic rings. The van der Waals surface area contributed by atoms with Crippen molar-refractivity contribution in [2.45, 2.75) is 111 Å². The number of thiazole rings is 1. The van der Waals surface area contributed by atoms with Crippen molar-refractivity contribution in [2.24, 2.45) is 17.3 Å². The number of imide groups is 1. The zero-order valence-electron chi connectivity index (χ0n) is 41.4. The number of aromatic nitrogens is 1. The largest absolute Gasteiger partial charge is 0.494 e. The molecule has 1 N–H and O–H groups in total. The number of ketones is 1. The molecule has 0 saturated carbocycles. The predicted octanol–water partition coefficient (Wildman–Crippen LogP) is 9.91. The van der Waals surface area contributed by atoms with E-state index in [1.165, 1.54) is 24.8 Å². The summed E-state index contributed by atoms with van der Waals surface area (Å²) in [7, 11) is 0. The van der Waals surface area contributed by atoms with Crippen molar-refractivity contribution < 1.29 is 51.4 Å². The number of nitriles is 1. The van der Waals surface area contributed by atoms with Crippen molar-refractivity contribution >= 4 is 52.2 Å². The van der Waals surface area contributed by atoms with Crippen LogP contribution < -0.4 is 19.9 Å². The Balaban J connectivity index is 0.851. The number of urea groups is 1. The second-order valence-corrected chi connectivity index (χ2v) is 20.6. The van der Waals surface area contributed by atoms with Crippen molar-refractivity contribution in [1.29, 1.82) is 5.26 Å². The minimum atomic E-state index is -4.86. The third-order valence-electron chi connectivity index (χ3n) is 12.8. The quantitative estimate of drug-likeness (QED) is 0.0590. The van der Waals surface area contributed by atoms with Crippen molar-refractivity contribution in [1.82, 2.24) is 15.2 Å². The molecule has 4 aromatic rings. The van der Waals surface area contributed by atoms with Gasteiger partial charge in [0.05, 0.1) is 45.6 Å². The van der Waals surface area contributed by atoms with Crippen LogP contribution in [0.5, 0.6) is 5.75 Å². The van der Waals surface area contributed by atoms with Crippen molar-refractivity contribution in [3.63, 3.8) is 0 Å². The van der Waals surface area contributed by atoms with Gasteiger partial charge in [0, 0.05) is 50.9 Å². The molecule has 380 valence electrons. The lowest BCUT2D eigenvalue weighted by Gasteiger charge is -2.34. The molecule has 0 radical (unpaired) electrons. The highest BCUT2D eigenvalue weighted by atomic mass is 32.1. The van der Waals surface area contributed by atoms with Crippen molar-refractivity contribution in [3.8, 4) is 22.3 Å². The lowest BCUT2D eigenvalue weighted by atomic mass is 9.77. The summed E-state index contributed by atoms with van der Waals surface area (Å²) >= 11 is 1.59. The molecule has 14 nitrogen and oxygen atoms in total. The maximum Gasteiger partial charge on any atom is 0.417 e. The number of nitrogens with one attached hydrogen (secondary N) is 1. The molecular weight excluding hydrogens is 938 g/mol. The topological polar surface area (TPSA) is 171 Å². The molecule has 71 heavy (non-hydrogen) atoms. The number of Topliss-reactive ketones (excluding diaryl/α,β-unsaturated/α-hetero) is 1. The van der Waals surface area contributed by atoms with Gasteiger partial charge in [-0.3, -0.25) is 24.1 Å². The number of ether oxygens (including phenoxy) is 3. The third kappa shape index (κ3) is 13.4. The minimum Gasteiger partial charge on any atom is -0.494 e. The molecule has 3 aromatic carbocycles. The highest BCUT2D eigenvalue weighted by Gasteiger charge is 2.53. The summed E-state index contributed by atoms with van der Waals surface area (Å²) < 4.78 is 58.3. The molecule has 0 bridgehead atoms. The Morgan fingerprint density at radius 1 is 0.915 bits per heavy atom. The highest BCUT2D eigenvalue weighted by molar-refractivity contribution is 7.13. The number of halogens is 3. The molecule has 18 heteroatoms. The average molecular weight is 1000 g/mol. The second kappa shape index (κ2) is 23.4. The van der Waals surface area contributed by atoms with Gasteiger partial charge in [-0.2, -0.15) is 18.4 Å².